The van der Waals surface area contributed by atoms with E-state index >= 15 is 0 Å². The first kappa shape index (κ1) is 13.9. The van der Waals surface area contributed by atoms with Gasteiger partial charge >= 0.3 is 0 Å². The fraction of sp³-hybridized carbons (Fsp3) is 0.375. The molecule has 30 heavy (non-hydrogen) atoms. The third kappa shape index (κ3) is 3.94. The van der Waals surface area contributed by atoms with E-state index in [0.29, 0.717) is 23.1 Å². The smallest absolute Gasteiger partial charge is 0.256 e. The normalized spacial score (nSPS) is 21.9. The van der Waals surface area contributed by atoms with Crippen LogP contribution in [0.25, 0.3) is 27.7 Å². The van der Waals surface area contributed by atoms with Crippen molar-refractivity contribution in [1.29, 1.82) is 0 Å². The molecular formula is C24H26N4O2. The molecule has 0 saturated heterocycles. The van der Waals surface area contributed by atoms with E-state index in [2.05, 4.69) is 20.3 Å². The number of ether oxygens (including phenoxy) is 1. The number of aromatic nitrogens is 2. The molecule has 1 aliphatic carbocycles. The van der Waals surface area contributed by atoms with Crippen molar-refractivity contribution in [1.82, 2.24) is 15.5 Å². The second kappa shape index (κ2) is 8.68. The average molecular weight is 409 g/mol. The summed E-state index contributed by atoms with van der Waals surface area (Å²) >= 11 is 0. The van der Waals surface area contributed by atoms with E-state index in [1.807, 2.05) is 0 Å². The minimum atomic E-state index is -2.42. The van der Waals surface area contributed by atoms with E-state index in [0.717, 1.165) is 12.5 Å². The van der Waals surface area contributed by atoms with Gasteiger partial charge in [0.15, 0.2) is 0 Å². The molecule has 1 N–H and O–H groups in total. The topological polar surface area (TPSA) is 64.5 Å². The second-order valence-corrected chi connectivity index (χ2v) is 7.04. The zero-order valence-electron chi connectivity index (χ0n) is 23.0. The second-order valence-electron chi connectivity index (χ2n) is 7.04. The lowest BCUT2D eigenvalue weighted by molar-refractivity contribution is 0.244. The maximum Gasteiger partial charge on any atom is 0.256 e. The first-order valence-corrected chi connectivity index (χ1v) is 9.60. The molecule has 4 rings (SSSR count). The van der Waals surface area contributed by atoms with Crippen LogP contribution in [0, 0.1) is 6.57 Å². The molecule has 0 fully saturated rings. The van der Waals surface area contributed by atoms with Gasteiger partial charge in [0, 0.05) is 22.6 Å². The predicted molar refractivity (Wildman–Crippen MR) is 117 cm³/mol. The van der Waals surface area contributed by atoms with Crippen LogP contribution in [0.1, 0.15) is 58.9 Å². The Morgan fingerprint density at radius 2 is 2.30 bits per heavy atom. The lowest BCUT2D eigenvalue weighted by Crippen LogP contribution is -2.19. The van der Waals surface area contributed by atoms with Crippen molar-refractivity contribution in [3.8, 4) is 28.6 Å². The van der Waals surface area contributed by atoms with E-state index in [1.165, 1.54) is 0 Å². The molecule has 0 saturated carbocycles. The van der Waals surface area contributed by atoms with Gasteiger partial charge in [-0.15, -0.1) is 0 Å². The van der Waals surface area contributed by atoms with Crippen molar-refractivity contribution in [3.63, 3.8) is 0 Å². The zero-order chi connectivity index (χ0) is 26.5. The fourth-order valence-corrected chi connectivity index (χ4v) is 3.49. The molecule has 1 aliphatic rings. The monoisotopic (exact) mass is 408 g/mol. The third-order valence-electron chi connectivity index (χ3n) is 4.77. The molecule has 0 spiro atoms. The molecule has 1 atom stereocenters. The molecule has 6 heteroatoms. The molecule has 0 aliphatic heterocycles. The van der Waals surface area contributed by atoms with Gasteiger partial charge in [0.25, 0.3) is 5.89 Å². The molecule has 1 aromatic heterocycles. The molecule has 0 radical (unpaired) electrons. The Kier molecular flexibility index (Phi) is 4.03. The average Bonchev–Trinajstić information content (AvgIpc) is 3.37. The zero-order valence-corrected chi connectivity index (χ0v) is 17.0. The van der Waals surface area contributed by atoms with Crippen molar-refractivity contribution in [2.45, 2.75) is 52.1 Å². The Labute approximate surface area is 185 Å². The van der Waals surface area contributed by atoms with Crippen LogP contribution in [0.3, 0.4) is 0 Å². The van der Waals surface area contributed by atoms with Crippen LogP contribution in [0.2, 0.25) is 0 Å². The van der Waals surface area contributed by atoms with Crippen LogP contribution in [0.5, 0.6) is 5.75 Å². The molecule has 6 nitrogen and oxygen atoms in total. The molecule has 154 valence electrons. The largest absolute Gasteiger partial charge is 0.502 e. The Morgan fingerprint density at radius 1 is 1.43 bits per heavy atom. The summed E-state index contributed by atoms with van der Waals surface area (Å²) in [4.78, 5) is 7.98. The number of nitrogens with zero attached hydrogens (tertiary/aromatic N) is 3. The summed E-state index contributed by atoms with van der Waals surface area (Å²) in [6.45, 7) is 9.33. The summed E-state index contributed by atoms with van der Waals surface area (Å²) in [7, 11) is 0. The van der Waals surface area contributed by atoms with Crippen LogP contribution in [0.4, 0.5) is 5.69 Å². The highest BCUT2D eigenvalue weighted by Crippen LogP contribution is 2.38. The Balaban J connectivity index is 1.66. The van der Waals surface area contributed by atoms with Gasteiger partial charge in [0.05, 0.1) is 15.4 Å². The molecule has 2 aromatic carbocycles. The lowest BCUT2D eigenvalue weighted by Gasteiger charge is -2.13. The highest BCUT2D eigenvalue weighted by Gasteiger charge is 2.26. The third-order valence-corrected chi connectivity index (χ3v) is 4.77. The Hall–Kier alpha value is -3.17. The van der Waals surface area contributed by atoms with E-state index in [9.17, 15) is 0 Å². The van der Waals surface area contributed by atoms with Crippen LogP contribution in [-0.4, -0.2) is 22.7 Å². The van der Waals surface area contributed by atoms with Gasteiger partial charge < -0.3 is 14.6 Å². The molecular weight excluding hydrogens is 376 g/mol. The van der Waals surface area contributed by atoms with Crippen molar-refractivity contribution in [2.24, 2.45) is 0 Å². The van der Waals surface area contributed by atoms with Gasteiger partial charge in [0.2, 0.25) is 11.5 Å². The molecule has 3 aromatic rings. The maximum atomic E-state index is 8.89. The first-order valence-electron chi connectivity index (χ1n) is 12.6. The highest BCUT2D eigenvalue weighted by molar-refractivity contribution is 5.70. The van der Waals surface area contributed by atoms with Crippen LogP contribution < -0.4 is 10.1 Å². The van der Waals surface area contributed by atoms with Gasteiger partial charge in [-0.05, 0) is 68.9 Å². The maximum absolute atomic E-state index is 8.89. The quantitative estimate of drug-likeness (QED) is 0.506. The van der Waals surface area contributed by atoms with Crippen molar-refractivity contribution < 1.29 is 17.5 Å². The van der Waals surface area contributed by atoms with E-state index in [4.69, 9.17) is 24.1 Å². The summed E-state index contributed by atoms with van der Waals surface area (Å²) in [5, 5.41) is 6.68. The summed E-state index contributed by atoms with van der Waals surface area (Å²) in [6, 6.07) is 8.54. The first-order chi connectivity index (χ1) is 16.6. The van der Waals surface area contributed by atoms with Crippen molar-refractivity contribution >= 4 is 5.69 Å². The number of fused-ring (bicyclic) bond motifs is 1. The van der Waals surface area contributed by atoms with E-state index in [-0.39, 0.29) is 29.6 Å². The number of rotatable bonds is 7. The highest BCUT2D eigenvalue weighted by atomic mass is 16.5. The van der Waals surface area contributed by atoms with Crippen LogP contribution in [0.15, 0.2) is 40.9 Å². The molecule has 0 bridgehead atoms. The van der Waals surface area contributed by atoms with E-state index < -0.39 is 25.0 Å². The lowest BCUT2D eigenvalue weighted by atomic mass is 10.0. The van der Waals surface area contributed by atoms with Gasteiger partial charge in [-0.25, -0.2) is 4.85 Å². The van der Waals surface area contributed by atoms with Gasteiger partial charge in [-0.2, -0.15) is 4.98 Å². The van der Waals surface area contributed by atoms with Gasteiger partial charge in [-0.3, -0.25) is 0 Å². The summed E-state index contributed by atoms with van der Waals surface area (Å²) in [5.74, 6) is 0.759. The minimum Gasteiger partial charge on any atom is -0.502 e. The van der Waals surface area contributed by atoms with Crippen LogP contribution in [-0.2, 0) is 6.42 Å². The number of hydrogen-bond donors (Lipinski definition) is 1. The molecule has 0 unspecified atom stereocenters. The van der Waals surface area contributed by atoms with Gasteiger partial charge in [-0.1, -0.05) is 30.3 Å². The summed E-state index contributed by atoms with van der Waals surface area (Å²) < 4.78 is 59.6. The number of nitrogens with one attached hydrogen (secondary N) is 1. The SMILES string of the molecule is [2H]C(C)(C)Oc1ccc(-c2nc(-c3cccc4c3CC[C@]4([2H])NC([2H])([2H])C([2H])([2H])C)no2)cc1[N+]#[C-]. The van der Waals surface area contributed by atoms with E-state index in [1.54, 1.807) is 50.2 Å². The number of benzene rings is 2. The molecule has 0 amide bonds. The fourth-order valence-electron chi connectivity index (χ4n) is 3.49. The minimum absolute atomic E-state index is 0.188. The van der Waals surface area contributed by atoms with Crippen LogP contribution >= 0.6 is 0 Å². The van der Waals surface area contributed by atoms with Crippen molar-refractivity contribution in [2.75, 3.05) is 6.50 Å². The Bertz CT molecular complexity index is 1340. The molecule has 1 heterocycles. The summed E-state index contributed by atoms with van der Waals surface area (Å²) in [6.07, 6.45) is -2.69. The predicted octanol–water partition coefficient (Wildman–Crippen LogP) is 5.73. The van der Waals surface area contributed by atoms with Gasteiger partial charge in [0.1, 0.15) is 5.75 Å². The Morgan fingerprint density at radius 3 is 3.07 bits per heavy atom. The standard InChI is InChI=1S/C24H26N4O2/c1-5-13-26-20-11-10-17-18(20)7-6-8-19(17)23-27-24(30-28-23)16-9-12-22(29-15(2)3)21(14-16)25-4/h6-9,12,14-15,20,26H,5,10-11,13H2,1-3H3/t20-/m0/s1/i5D2,13D2,15D,20D. The number of hydrogen-bond acceptors (Lipinski definition) is 5. The summed E-state index contributed by atoms with van der Waals surface area (Å²) in [5.41, 5.74) is 2.66. The van der Waals surface area contributed by atoms with Crippen molar-refractivity contribution in [3.05, 3.63) is 58.9 Å².